The number of esters is 1. The number of fused-ring (bicyclic) bond motifs is 4. The van der Waals surface area contributed by atoms with E-state index in [9.17, 15) is 4.79 Å². The summed E-state index contributed by atoms with van der Waals surface area (Å²) in [6.07, 6.45) is 16.7. The lowest BCUT2D eigenvalue weighted by Gasteiger charge is -2.55. The van der Waals surface area contributed by atoms with Crippen molar-refractivity contribution in [3.63, 3.8) is 0 Å². The molecule has 0 saturated heterocycles. The fourth-order valence-corrected chi connectivity index (χ4v) is 8.57. The quantitative estimate of drug-likeness (QED) is 0.328. The van der Waals surface area contributed by atoms with E-state index in [-0.39, 0.29) is 12.1 Å². The second kappa shape index (κ2) is 8.71. The SMILES string of the molecule is CC(=O)O[C@H]1CC[C@]2(C)C3=C(CC[C@H]2C1)[C@@H]1CC[C@H]([C@H](C)CCC=C(C)C)[C@@]1(C)CC3. The van der Waals surface area contributed by atoms with E-state index in [1.807, 2.05) is 11.1 Å². The van der Waals surface area contributed by atoms with Gasteiger partial charge in [-0.25, -0.2) is 0 Å². The van der Waals surface area contributed by atoms with E-state index in [1.54, 1.807) is 6.92 Å². The highest BCUT2D eigenvalue weighted by atomic mass is 16.5. The van der Waals surface area contributed by atoms with Crippen LogP contribution >= 0.6 is 0 Å². The average molecular weight is 427 g/mol. The lowest BCUT2D eigenvalue weighted by Crippen LogP contribution is -2.46. The first-order valence-corrected chi connectivity index (χ1v) is 13.2. The van der Waals surface area contributed by atoms with Crippen LogP contribution in [0.4, 0.5) is 0 Å². The Morgan fingerprint density at radius 2 is 1.87 bits per heavy atom. The van der Waals surface area contributed by atoms with Crippen molar-refractivity contribution in [1.29, 1.82) is 0 Å². The van der Waals surface area contributed by atoms with Gasteiger partial charge in [0.2, 0.25) is 0 Å². The molecule has 4 aliphatic carbocycles. The van der Waals surface area contributed by atoms with Crippen molar-refractivity contribution in [3.05, 3.63) is 22.8 Å². The first kappa shape index (κ1) is 23.1. The molecule has 2 heteroatoms. The number of rotatable bonds is 5. The van der Waals surface area contributed by atoms with Gasteiger partial charge in [0.05, 0.1) is 0 Å². The smallest absolute Gasteiger partial charge is 0.302 e. The molecular formula is C29H46O2. The summed E-state index contributed by atoms with van der Waals surface area (Å²) in [5, 5.41) is 0. The Kier molecular flexibility index (Phi) is 6.50. The first-order valence-electron chi connectivity index (χ1n) is 13.2. The molecule has 4 aliphatic rings. The molecule has 0 amide bonds. The van der Waals surface area contributed by atoms with E-state index < -0.39 is 0 Å². The summed E-state index contributed by atoms with van der Waals surface area (Å²) < 4.78 is 5.63. The predicted octanol–water partition coefficient (Wildman–Crippen LogP) is 8.02. The molecular weight excluding hydrogens is 380 g/mol. The number of carbonyl (C=O) groups is 1. The van der Waals surface area contributed by atoms with Crippen LogP contribution < -0.4 is 0 Å². The molecule has 0 aromatic rings. The van der Waals surface area contributed by atoms with Crippen LogP contribution in [-0.2, 0) is 9.53 Å². The van der Waals surface area contributed by atoms with Gasteiger partial charge in [0.1, 0.15) is 6.10 Å². The van der Waals surface area contributed by atoms with Crippen molar-refractivity contribution < 1.29 is 9.53 Å². The molecule has 2 nitrogen and oxygen atoms in total. The van der Waals surface area contributed by atoms with Crippen LogP contribution in [-0.4, -0.2) is 12.1 Å². The van der Waals surface area contributed by atoms with Gasteiger partial charge in [0, 0.05) is 6.92 Å². The molecule has 7 atom stereocenters. The van der Waals surface area contributed by atoms with Crippen molar-refractivity contribution >= 4 is 5.97 Å². The van der Waals surface area contributed by atoms with Crippen LogP contribution in [0.5, 0.6) is 0 Å². The summed E-state index contributed by atoms with van der Waals surface area (Å²) in [4.78, 5) is 11.5. The molecule has 0 N–H and O–H groups in total. The minimum atomic E-state index is -0.103. The number of hydrogen-bond acceptors (Lipinski definition) is 2. The second-order valence-corrected chi connectivity index (χ2v) is 12.2. The zero-order chi connectivity index (χ0) is 22.4. The van der Waals surface area contributed by atoms with E-state index in [1.165, 1.54) is 63.4 Å². The van der Waals surface area contributed by atoms with E-state index in [4.69, 9.17) is 4.74 Å². The van der Waals surface area contributed by atoms with Crippen LogP contribution in [0.25, 0.3) is 0 Å². The molecule has 0 unspecified atom stereocenters. The lowest BCUT2D eigenvalue weighted by atomic mass is 9.50. The number of hydrogen-bond donors (Lipinski definition) is 0. The third-order valence-corrected chi connectivity index (χ3v) is 10.2. The Morgan fingerprint density at radius 1 is 1.10 bits per heavy atom. The largest absolute Gasteiger partial charge is 0.463 e. The molecule has 0 aliphatic heterocycles. The molecule has 0 aromatic heterocycles. The highest BCUT2D eigenvalue weighted by molar-refractivity contribution is 5.66. The fourth-order valence-electron chi connectivity index (χ4n) is 8.57. The molecule has 0 aromatic carbocycles. The van der Waals surface area contributed by atoms with Crippen molar-refractivity contribution in [2.75, 3.05) is 0 Å². The zero-order valence-corrected chi connectivity index (χ0v) is 21.1. The fraction of sp³-hybridized carbons (Fsp3) is 0.828. The van der Waals surface area contributed by atoms with E-state index >= 15 is 0 Å². The molecule has 0 bridgehead atoms. The maximum Gasteiger partial charge on any atom is 0.302 e. The van der Waals surface area contributed by atoms with Crippen LogP contribution in [0.15, 0.2) is 22.8 Å². The number of carbonyl (C=O) groups excluding carboxylic acids is 1. The maximum atomic E-state index is 11.5. The van der Waals surface area contributed by atoms with Crippen molar-refractivity contribution in [3.8, 4) is 0 Å². The molecule has 0 radical (unpaired) electrons. The van der Waals surface area contributed by atoms with Gasteiger partial charge >= 0.3 is 5.97 Å². The van der Waals surface area contributed by atoms with Gasteiger partial charge in [0.15, 0.2) is 0 Å². The number of allylic oxidation sites excluding steroid dienone is 4. The average Bonchev–Trinajstić information content (AvgIpc) is 3.05. The van der Waals surface area contributed by atoms with Crippen molar-refractivity contribution in [2.24, 2.45) is 34.5 Å². The van der Waals surface area contributed by atoms with Gasteiger partial charge in [0.25, 0.3) is 0 Å². The van der Waals surface area contributed by atoms with Crippen molar-refractivity contribution in [1.82, 2.24) is 0 Å². The van der Waals surface area contributed by atoms with Crippen LogP contribution in [0.3, 0.4) is 0 Å². The zero-order valence-electron chi connectivity index (χ0n) is 21.1. The molecule has 31 heavy (non-hydrogen) atoms. The van der Waals surface area contributed by atoms with Gasteiger partial charge < -0.3 is 4.74 Å². The topological polar surface area (TPSA) is 26.3 Å². The minimum absolute atomic E-state index is 0.103. The predicted molar refractivity (Wildman–Crippen MR) is 129 cm³/mol. The maximum absolute atomic E-state index is 11.5. The lowest BCUT2D eigenvalue weighted by molar-refractivity contribution is -0.150. The third-order valence-electron chi connectivity index (χ3n) is 10.2. The Bertz CT molecular complexity index is 757. The van der Waals surface area contributed by atoms with Gasteiger partial charge in [-0.3, -0.25) is 4.79 Å². The standard InChI is InChI=1S/C29H46O2/c1-19(2)8-7-9-20(3)25-12-13-26-24-11-10-22-18-23(31-21(4)30)14-16-28(22,5)27(24)15-17-29(25,26)6/h8,20,22-23,25-26H,7,9-18H2,1-6H3/t20-,22+,23+,25-,26+,28+,29-/m1/s1. The Hall–Kier alpha value is -1.05. The van der Waals surface area contributed by atoms with Gasteiger partial charge in [-0.05, 0) is 119 Å². The summed E-state index contributed by atoms with van der Waals surface area (Å²) in [7, 11) is 0. The Balaban J connectivity index is 1.51. The summed E-state index contributed by atoms with van der Waals surface area (Å²) in [6, 6.07) is 0. The van der Waals surface area contributed by atoms with E-state index in [0.717, 1.165) is 30.6 Å². The first-order chi connectivity index (χ1) is 14.6. The molecule has 2 fully saturated rings. The van der Waals surface area contributed by atoms with Crippen molar-refractivity contribution in [2.45, 2.75) is 118 Å². The number of ether oxygens (including phenoxy) is 1. The third kappa shape index (κ3) is 4.18. The summed E-state index contributed by atoms with van der Waals surface area (Å²) in [5.74, 6) is 3.15. The second-order valence-electron chi connectivity index (χ2n) is 12.2. The van der Waals surface area contributed by atoms with Crippen LogP contribution in [0.1, 0.15) is 112 Å². The Labute approximate surface area is 191 Å². The van der Waals surface area contributed by atoms with E-state index in [2.05, 4.69) is 40.7 Å². The monoisotopic (exact) mass is 426 g/mol. The summed E-state index contributed by atoms with van der Waals surface area (Å²) >= 11 is 0. The molecule has 4 rings (SSSR count). The van der Waals surface area contributed by atoms with Crippen LogP contribution in [0, 0.1) is 34.5 Å². The highest BCUT2D eigenvalue weighted by Gasteiger charge is 2.55. The van der Waals surface area contributed by atoms with Gasteiger partial charge in [-0.2, -0.15) is 0 Å². The van der Waals surface area contributed by atoms with Gasteiger partial charge in [-0.1, -0.05) is 43.6 Å². The highest BCUT2D eigenvalue weighted by Crippen LogP contribution is 2.66. The normalized spacial score (nSPS) is 40.5. The molecule has 2 saturated carbocycles. The van der Waals surface area contributed by atoms with Crippen LogP contribution in [0.2, 0.25) is 0 Å². The molecule has 174 valence electrons. The Morgan fingerprint density at radius 3 is 2.58 bits per heavy atom. The summed E-state index contributed by atoms with van der Waals surface area (Å²) in [5.41, 5.74) is 6.08. The van der Waals surface area contributed by atoms with E-state index in [0.29, 0.717) is 16.7 Å². The van der Waals surface area contributed by atoms with Gasteiger partial charge in [-0.15, -0.1) is 0 Å². The molecule has 0 spiro atoms. The minimum Gasteiger partial charge on any atom is -0.463 e. The molecule has 0 heterocycles. The summed E-state index contributed by atoms with van der Waals surface area (Å²) in [6.45, 7) is 13.8.